The number of amides is 2. The van der Waals surface area contributed by atoms with E-state index < -0.39 is 45.7 Å². The maximum atomic E-state index is 14.5. The first kappa shape index (κ1) is 35.0. The lowest BCUT2D eigenvalue weighted by Crippen LogP contribution is -2.64. The first-order valence-corrected chi connectivity index (χ1v) is 18.4. The van der Waals surface area contributed by atoms with Gasteiger partial charge in [0, 0.05) is 36.3 Å². The van der Waals surface area contributed by atoms with Crippen LogP contribution >= 0.6 is 0 Å². The van der Waals surface area contributed by atoms with Crippen LogP contribution in [0.25, 0.3) is 11.3 Å². The van der Waals surface area contributed by atoms with E-state index in [1.165, 1.54) is 42.3 Å². The van der Waals surface area contributed by atoms with E-state index in [9.17, 15) is 31.2 Å². The Balaban J connectivity index is 1.29. The lowest BCUT2D eigenvalue weighted by molar-refractivity contribution is -0.194. The summed E-state index contributed by atoms with van der Waals surface area (Å²) in [6, 6.07) is 11.2. The third-order valence-electron chi connectivity index (χ3n) is 11.3. The Kier molecular flexibility index (Phi) is 8.50. The van der Waals surface area contributed by atoms with Gasteiger partial charge in [-0.1, -0.05) is 24.3 Å². The van der Waals surface area contributed by atoms with Crippen LogP contribution in [0.4, 0.5) is 23.9 Å². The molecule has 1 atom stereocenters. The molecule has 1 aliphatic heterocycles. The number of aromatic nitrogens is 2. The Hall–Kier alpha value is -4.40. The Morgan fingerprint density at radius 2 is 1.73 bits per heavy atom. The molecule has 11 nitrogen and oxygen atoms in total. The summed E-state index contributed by atoms with van der Waals surface area (Å²) in [4.78, 5) is 38.3. The monoisotopic (exact) mass is 727 g/mol. The molecule has 272 valence electrons. The number of hydrogen-bond donors (Lipinski definition) is 1. The van der Waals surface area contributed by atoms with Gasteiger partial charge in [-0.05, 0) is 93.5 Å². The molecule has 2 heterocycles. The Bertz CT molecular complexity index is 1970. The maximum absolute atomic E-state index is 14.5. The highest BCUT2D eigenvalue weighted by atomic mass is 32.2. The van der Waals surface area contributed by atoms with E-state index in [0.717, 1.165) is 16.7 Å². The van der Waals surface area contributed by atoms with Crippen LogP contribution in [0.2, 0.25) is 0 Å². The highest BCUT2D eigenvalue weighted by Crippen LogP contribution is 2.62. The first-order valence-electron chi connectivity index (χ1n) is 17.0. The van der Waals surface area contributed by atoms with E-state index >= 15 is 0 Å². The first-order chi connectivity index (χ1) is 24.0. The molecule has 1 spiro atoms. The summed E-state index contributed by atoms with van der Waals surface area (Å²) in [6.45, 7) is 3.46. The predicted molar refractivity (Wildman–Crippen MR) is 181 cm³/mol. The van der Waals surface area contributed by atoms with Gasteiger partial charge in [-0.25, -0.2) is 22.9 Å². The molecule has 4 aliphatic rings. The molecular formula is C36H40F3N5O6S. The number of sulfonamides is 1. The highest BCUT2D eigenvalue weighted by molar-refractivity contribution is 7.92. The predicted octanol–water partition coefficient (Wildman–Crippen LogP) is 6.51. The number of methoxy groups -OCH3 is 1. The molecule has 3 aliphatic carbocycles. The molecule has 51 heavy (non-hydrogen) atoms. The summed E-state index contributed by atoms with van der Waals surface area (Å²) in [5.41, 5.74) is 0.716. The molecule has 1 N–H and O–H groups in total. The van der Waals surface area contributed by atoms with Crippen LogP contribution in [0, 0.1) is 24.7 Å². The van der Waals surface area contributed by atoms with Crippen molar-refractivity contribution < 1.29 is 40.7 Å². The number of rotatable bonds is 5. The quantitative estimate of drug-likeness (QED) is 0.315. The number of nitrogens with zero attached hydrogens (tertiary/aromatic N) is 4. The van der Waals surface area contributed by atoms with Gasteiger partial charge in [0.25, 0.3) is 15.9 Å². The molecule has 3 fully saturated rings. The number of carbonyl (C=O) groups excluding carboxylic acids is 2. The van der Waals surface area contributed by atoms with E-state index in [1.807, 2.05) is 32.0 Å². The molecule has 7 rings (SSSR count). The standard InChI is InChI=1S/C36H40F3N5O6S/c1-21-7-5-8-22(2)30(21)28-14-29-41-32(40-28)42-51(47,48)27-10-6-9-23(13-27)31(45)44(26(20-50-29)19-35(11-12-35)36(37,38)39)25-17-34(18-25)15-24(16-34)43(3)33(46)49-4/h5-10,13-14,24-26H,11-12,15-20H2,1-4H3,(H,40,41,42)/t24-,25-,26-,34?/m1/s1. The minimum Gasteiger partial charge on any atom is -0.475 e. The molecule has 0 saturated heterocycles. The number of carbonyl (C=O) groups is 2. The fraction of sp³-hybridized carbons (Fsp3) is 0.500. The summed E-state index contributed by atoms with van der Waals surface area (Å²) in [5.74, 6) is -0.895. The van der Waals surface area contributed by atoms with Crippen molar-refractivity contribution in [1.29, 1.82) is 0 Å². The molecule has 1 aromatic heterocycles. The van der Waals surface area contributed by atoms with Crippen LogP contribution in [0.5, 0.6) is 5.88 Å². The Labute approximate surface area is 294 Å². The summed E-state index contributed by atoms with van der Waals surface area (Å²) < 4.78 is 84.5. The number of anilines is 1. The Morgan fingerprint density at radius 3 is 2.35 bits per heavy atom. The fourth-order valence-electron chi connectivity index (χ4n) is 8.25. The number of halogens is 3. The molecule has 4 bridgehead atoms. The Morgan fingerprint density at radius 1 is 1.06 bits per heavy atom. The van der Waals surface area contributed by atoms with Crippen LogP contribution in [-0.4, -0.2) is 85.3 Å². The van der Waals surface area contributed by atoms with Gasteiger partial charge in [-0.15, -0.1) is 0 Å². The second-order valence-electron chi connectivity index (χ2n) is 14.7. The molecular weight excluding hydrogens is 687 g/mol. The number of fused-ring (bicyclic) bond motifs is 4. The minimum atomic E-state index is -4.49. The topological polar surface area (TPSA) is 131 Å². The van der Waals surface area contributed by atoms with E-state index in [2.05, 4.69) is 14.7 Å². The second kappa shape index (κ2) is 12.4. The van der Waals surface area contributed by atoms with Gasteiger partial charge in [-0.3, -0.25) is 4.79 Å². The third kappa shape index (κ3) is 6.38. The van der Waals surface area contributed by atoms with Crippen molar-refractivity contribution in [2.24, 2.45) is 10.8 Å². The van der Waals surface area contributed by atoms with Crippen molar-refractivity contribution in [2.45, 2.75) is 88.0 Å². The lowest BCUT2D eigenvalue weighted by Gasteiger charge is -2.61. The molecule has 0 unspecified atom stereocenters. The largest absolute Gasteiger partial charge is 0.475 e. The highest BCUT2D eigenvalue weighted by Gasteiger charge is 2.65. The van der Waals surface area contributed by atoms with Crippen molar-refractivity contribution >= 4 is 28.0 Å². The van der Waals surface area contributed by atoms with Crippen LogP contribution in [0.1, 0.15) is 66.4 Å². The van der Waals surface area contributed by atoms with Crippen LogP contribution in [0.15, 0.2) is 53.4 Å². The normalized spacial score (nSPS) is 26.2. The van der Waals surface area contributed by atoms with Gasteiger partial charge in [0.2, 0.25) is 11.8 Å². The number of benzene rings is 2. The van der Waals surface area contributed by atoms with Gasteiger partial charge in [0.15, 0.2) is 0 Å². The van der Waals surface area contributed by atoms with Crippen molar-refractivity contribution in [3.63, 3.8) is 0 Å². The fourth-order valence-corrected chi connectivity index (χ4v) is 9.24. The molecule has 3 saturated carbocycles. The van der Waals surface area contributed by atoms with E-state index in [1.54, 1.807) is 11.9 Å². The van der Waals surface area contributed by atoms with Gasteiger partial charge in [0.1, 0.15) is 6.61 Å². The molecule has 2 aromatic carbocycles. The lowest BCUT2D eigenvalue weighted by atomic mass is 9.51. The summed E-state index contributed by atoms with van der Waals surface area (Å²) in [5, 5.41) is 0. The van der Waals surface area contributed by atoms with Crippen LogP contribution in [-0.2, 0) is 14.8 Å². The number of aryl methyl sites for hydroxylation is 2. The number of hydrogen-bond acceptors (Lipinski definition) is 8. The number of alkyl halides is 3. The van der Waals surface area contributed by atoms with Crippen LogP contribution < -0.4 is 9.46 Å². The van der Waals surface area contributed by atoms with Crippen molar-refractivity contribution in [3.8, 4) is 17.1 Å². The molecule has 0 radical (unpaired) electrons. The van der Waals surface area contributed by atoms with Gasteiger partial charge in [0.05, 0.1) is 29.2 Å². The summed E-state index contributed by atoms with van der Waals surface area (Å²) >= 11 is 0. The van der Waals surface area contributed by atoms with E-state index in [0.29, 0.717) is 31.4 Å². The van der Waals surface area contributed by atoms with Crippen molar-refractivity contribution in [3.05, 3.63) is 65.2 Å². The zero-order valence-electron chi connectivity index (χ0n) is 28.8. The summed E-state index contributed by atoms with van der Waals surface area (Å²) in [7, 11) is -1.33. The SMILES string of the molecule is COC(=O)N(C)[C@H]1CC2(C1)C[C@H](N1C(=O)c3cccc(c3)S(=O)(=O)Nc3nc(cc(-c4c(C)cccc4C)n3)OC[C@H]1CC1(C(F)(F)F)CC1)C2. The summed E-state index contributed by atoms with van der Waals surface area (Å²) in [6.07, 6.45) is -3.03. The van der Waals surface area contributed by atoms with Gasteiger partial charge < -0.3 is 19.3 Å². The molecule has 2 amide bonds. The van der Waals surface area contributed by atoms with Gasteiger partial charge >= 0.3 is 12.3 Å². The smallest absolute Gasteiger partial charge is 0.409 e. The third-order valence-corrected chi connectivity index (χ3v) is 12.6. The number of nitrogens with one attached hydrogen (secondary N) is 1. The van der Waals surface area contributed by atoms with Crippen LogP contribution in [0.3, 0.4) is 0 Å². The zero-order valence-corrected chi connectivity index (χ0v) is 29.6. The molecule has 3 aromatic rings. The molecule has 15 heteroatoms. The maximum Gasteiger partial charge on any atom is 0.409 e. The zero-order chi connectivity index (χ0) is 36.5. The van der Waals surface area contributed by atoms with Crippen molar-refractivity contribution in [1.82, 2.24) is 19.8 Å². The van der Waals surface area contributed by atoms with E-state index in [-0.39, 0.29) is 59.6 Å². The second-order valence-corrected chi connectivity index (χ2v) is 16.4. The van der Waals surface area contributed by atoms with Gasteiger partial charge in [-0.2, -0.15) is 18.2 Å². The average Bonchev–Trinajstić information content (AvgIpc) is 3.83. The van der Waals surface area contributed by atoms with E-state index in [4.69, 9.17) is 9.47 Å². The number of ether oxygens (including phenoxy) is 2. The average molecular weight is 728 g/mol. The van der Waals surface area contributed by atoms with Crippen molar-refractivity contribution in [2.75, 3.05) is 25.5 Å². The minimum absolute atomic E-state index is 0.0284.